The van der Waals surface area contributed by atoms with Gasteiger partial charge in [-0.3, -0.25) is 14.4 Å². The first-order chi connectivity index (χ1) is 12.0. The lowest BCUT2D eigenvalue weighted by Gasteiger charge is -2.55. The van der Waals surface area contributed by atoms with Crippen molar-refractivity contribution in [2.45, 2.75) is 38.5 Å². The van der Waals surface area contributed by atoms with Crippen LogP contribution in [0.25, 0.3) is 0 Å². The van der Waals surface area contributed by atoms with E-state index in [1.807, 2.05) is 0 Å². The van der Waals surface area contributed by atoms with E-state index in [-0.39, 0.29) is 30.3 Å². The quantitative estimate of drug-likeness (QED) is 0.791. The van der Waals surface area contributed by atoms with E-state index in [1.165, 1.54) is 30.6 Å². The van der Waals surface area contributed by atoms with Crippen LogP contribution in [0.3, 0.4) is 0 Å². The van der Waals surface area contributed by atoms with Crippen molar-refractivity contribution in [3.05, 3.63) is 22.4 Å². The Bertz CT molecular complexity index is 646. The smallest absolute Gasteiger partial charge is 0.325 e. The van der Waals surface area contributed by atoms with Crippen molar-refractivity contribution in [3.63, 3.8) is 0 Å². The molecule has 0 aromatic carbocycles. The number of hydrogen-bond donors (Lipinski definition) is 1. The molecule has 0 aliphatic heterocycles. The van der Waals surface area contributed by atoms with Gasteiger partial charge in [-0.1, -0.05) is 6.07 Å². The Kier molecular flexibility index (Phi) is 4.40. The highest BCUT2D eigenvalue weighted by atomic mass is 32.1. The number of carbonyl (C=O) groups excluding carboxylic acids is 3. The Morgan fingerprint density at radius 1 is 1.12 bits per heavy atom. The Labute approximate surface area is 151 Å². The standard InChI is InChI=1S/C19H23NO4S/c21-16(19-7-12-4-13(8-19)6-14(5-12)9-19)11-24-17(22)10-20-18(23)15-2-1-3-25-15/h1-3,12-14H,4-11H2,(H,20,23). The van der Waals surface area contributed by atoms with Crippen LogP contribution in [-0.4, -0.2) is 30.8 Å². The summed E-state index contributed by atoms with van der Waals surface area (Å²) in [4.78, 5) is 37.0. The van der Waals surface area contributed by atoms with Crippen molar-refractivity contribution < 1.29 is 19.1 Å². The zero-order chi connectivity index (χ0) is 17.4. The van der Waals surface area contributed by atoms with E-state index >= 15 is 0 Å². The summed E-state index contributed by atoms with van der Waals surface area (Å²) in [6.45, 7) is -0.356. The molecule has 1 amide bonds. The number of amides is 1. The summed E-state index contributed by atoms with van der Waals surface area (Å²) in [7, 11) is 0. The fourth-order valence-corrected chi connectivity index (χ4v) is 6.09. The van der Waals surface area contributed by atoms with Crippen LogP contribution in [-0.2, 0) is 14.3 Å². The Morgan fingerprint density at radius 3 is 2.32 bits per heavy atom. The van der Waals surface area contributed by atoms with Crippen LogP contribution >= 0.6 is 11.3 Å². The maximum atomic E-state index is 12.8. The van der Waals surface area contributed by atoms with Crippen molar-refractivity contribution >= 4 is 29.0 Å². The van der Waals surface area contributed by atoms with Crippen molar-refractivity contribution in [2.75, 3.05) is 13.2 Å². The molecule has 4 fully saturated rings. The average Bonchev–Trinajstić information content (AvgIpc) is 3.11. The van der Waals surface area contributed by atoms with E-state index in [4.69, 9.17) is 4.74 Å². The monoisotopic (exact) mass is 361 g/mol. The van der Waals surface area contributed by atoms with Crippen LogP contribution in [0, 0.1) is 23.2 Å². The van der Waals surface area contributed by atoms with Gasteiger partial charge in [-0.25, -0.2) is 0 Å². The maximum absolute atomic E-state index is 12.8. The molecule has 1 aromatic heterocycles. The highest BCUT2D eigenvalue weighted by Gasteiger charge is 2.54. The van der Waals surface area contributed by atoms with E-state index in [0.717, 1.165) is 19.3 Å². The fourth-order valence-electron chi connectivity index (χ4n) is 5.45. The second-order valence-electron chi connectivity index (χ2n) is 7.94. The molecule has 0 spiro atoms. The third-order valence-corrected chi connectivity index (χ3v) is 7.00. The number of thiophene rings is 1. The molecule has 134 valence electrons. The van der Waals surface area contributed by atoms with Crippen molar-refractivity contribution in [2.24, 2.45) is 23.2 Å². The molecule has 5 nitrogen and oxygen atoms in total. The molecule has 0 atom stereocenters. The Morgan fingerprint density at radius 2 is 1.76 bits per heavy atom. The fraction of sp³-hybridized carbons (Fsp3) is 0.632. The number of esters is 1. The number of carbonyl (C=O) groups is 3. The van der Waals surface area contributed by atoms with Crippen LogP contribution in [0.2, 0.25) is 0 Å². The number of ketones is 1. The largest absolute Gasteiger partial charge is 0.456 e. The molecule has 4 aliphatic carbocycles. The zero-order valence-electron chi connectivity index (χ0n) is 14.2. The second-order valence-corrected chi connectivity index (χ2v) is 8.89. The summed E-state index contributed by atoms with van der Waals surface area (Å²) >= 11 is 1.31. The third-order valence-electron chi connectivity index (χ3n) is 6.13. The molecule has 0 unspecified atom stereocenters. The normalized spacial score (nSPS) is 32.4. The van der Waals surface area contributed by atoms with E-state index in [0.29, 0.717) is 22.6 Å². The summed E-state index contributed by atoms with van der Waals surface area (Å²) in [6, 6.07) is 3.48. The van der Waals surface area contributed by atoms with Crippen LogP contribution in [0.5, 0.6) is 0 Å². The molecule has 4 bridgehead atoms. The van der Waals surface area contributed by atoms with Crippen LogP contribution < -0.4 is 5.32 Å². The number of hydrogen-bond acceptors (Lipinski definition) is 5. The summed E-state index contributed by atoms with van der Waals surface area (Å²) in [6.07, 6.45) is 6.77. The molecule has 25 heavy (non-hydrogen) atoms. The SMILES string of the molecule is O=C(CNC(=O)c1cccs1)OCC(=O)C12CC3CC(CC(C3)C1)C2. The van der Waals surface area contributed by atoms with Crippen LogP contribution in [0.4, 0.5) is 0 Å². The minimum absolute atomic E-state index is 0.0875. The maximum Gasteiger partial charge on any atom is 0.325 e. The lowest BCUT2D eigenvalue weighted by atomic mass is 9.48. The summed E-state index contributed by atoms with van der Waals surface area (Å²) in [5.41, 5.74) is -0.241. The van der Waals surface area contributed by atoms with Crippen molar-refractivity contribution in [3.8, 4) is 0 Å². The Balaban J connectivity index is 1.26. The van der Waals surface area contributed by atoms with Gasteiger partial charge < -0.3 is 10.1 Å². The van der Waals surface area contributed by atoms with Gasteiger partial charge in [0.25, 0.3) is 5.91 Å². The number of ether oxygens (including phenoxy) is 1. The average molecular weight is 361 g/mol. The molecule has 4 saturated carbocycles. The van der Waals surface area contributed by atoms with Gasteiger partial charge >= 0.3 is 5.97 Å². The Hall–Kier alpha value is -1.69. The number of nitrogens with one attached hydrogen (secondary N) is 1. The zero-order valence-corrected chi connectivity index (χ0v) is 15.0. The molecule has 1 aromatic rings. The molecule has 0 radical (unpaired) electrons. The molecule has 1 heterocycles. The van der Waals surface area contributed by atoms with E-state index in [9.17, 15) is 14.4 Å². The van der Waals surface area contributed by atoms with Gasteiger partial charge in [-0.15, -0.1) is 11.3 Å². The van der Waals surface area contributed by atoms with E-state index in [1.54, 1.807) is 17.5 Å². The van der Waals surface area contributed by atoms with Gasteiger partial charge in [-0.05, 0) is 67.7 Å². The topological polar surface area (TPSA) is 72.5 Å². The highest BCUT2D eigenvalue weighted by molar-refractivity contribution is 7.12. The lowest BCUT2D eigenvalue weighted by molar-refractivity contribution is -0.157. The predicted octanol–water partition coefficient (Wildman–Crippen LogP) is 2.81. The van der Waals surface area contributed by atoms with Crippen LogP contribution in [0.1, 0.15) is 48.2 Å². The molecule has 1 N–H and O–H groups in total. The van der Waals surface area contributed by atoms with Gasteiger partial charge in [0.2, 0.25) is 0 Å². The second kappa shape index (κ2) is 6.56. The first-order valence-electron chi connectivity index (χ1n) is 9.05. The minimum Gasteiger partial charge on any atom is -0.456 e. The van der Waals surface area contributed by atoms with Crippen molar-refractivity contribution in [1.82, 2.24) is 5.32 Å². The third kappa shape index (κ3) is 3.36. The summed E-state index contributed by atoms with van der Waals surface area (Å²) < 4.78 is 5.16. The van der Waals surface area contributed by atoms with Gasteiger partial charge in [0.15, 0.2) is 12.4 Å². The van der Waals surface area contributed by atoms with E-state index in [2.05, 4.69) is 5.32 Å². The van der Waals surface area contributed by atoms with E-state index < -0.39 is 5.97 Å². The van der Waals surface area contributed by atoms with Crippen LogP contribution in [0.15, 0.2) is 17.5 Å². The molecular weight excluding hydrogens is 338 g/mol. The first-order valence-corrected chi connectivity index (χ1v) is 9.93. The van der Waals surface area contributed by atoms with Gasteiger partial charge in [0, 0.05) is 5.41 Å². The highest BCUT2D eigenvalue weighted by Crippen LogP contribution is 2.60. The van der Waals surface area contributed by atoms with Crippen molar-refractivity contribution in [1.29, 1.82) is 0 Å². The molecule has 4 aliphatic rings. The molecular formula is C19H23NO4S. The first kappa shape index (κ1) is 16.8. The predicted molar refractivity (Wildman–Crippen MR) is 93.2 cm³/mol. The lowest BCUT2D eigenvalue weighted by Crippen LogP contribution is -2.51. The van der Waals surface area contributed by atoms with Gasteiger partial charge in [0.1, 0.15) is 6.54 Å². The number of Topliss-reactive ketones (excluding diaryl/α,β-unsaturated/α-hetero) is 1. The van der Waals surface area contributed by atoms with Gasteiger partial charge in [0.05, 0.1) is 4.88 Å². The minimum atomic E-state index is -0.553. The van der Waals surface area contributed by atoms with Gasteiger partial charge in [-0.2, -0.15) is 0 Å². The molecule has 5 rings (SSSR count). The summed E-state index contributed by atoms with van der Waals surface area (Å²) in [5, 5.41) is 4.33. The molecule has 6 heteroatoms. The summed E-state index contributed by atoms with van der Waals surface area (Å²) in [5.74, 6) is 1.31. The molecule has 0 saturated heterocycles. The number of rotatable bonds is 6.